The van der Waals surface area contributed by atoms with E-state index in [1.54, 1.807) is 85.3 Å². The van der Waals surface area contributed by atoms with E-state index in [0.29, 0.717) is 0 Å². The van der Waals surface area contributed by atoms with Gasteiger partial charge in [0.05, 0.1) is 0 Å². The first-order valence-corrected chi connectivity index (χ1v) is 11.5. The van der Waals surface area contributed by atoms with Gasteiger partial charge in [-0.25, -0.2) is 0 Å². The Kier molecular flexibility index (Phi) is 52.5. The quantitative estimate of drug-likeness (QED) is 0.314. The Bertz CT molecular complexity index is 181. The van der Waals surface area contributed by atoms with E-state index in [1.807, 2.05) is 0 Å². The molecule has 0 N–H and O–H groups in total. The maximum Gasteiger partial charge on any atom is 0.331 e. The van der Waals surface area contributed by atoms with Gasteiger partial charge < -0.3 is 54.3 Å². The van der Waals surface area contributed by atoms with Crippen molar-refractivity contribution < 1.29 is 71.1 Å². The average molecular weight is 555 g/mol. The minimum atomic E-state index is -1.05. The van der Waals surface area contributed by atoms with Gasteiger partial charge >= 0.3 is 34.4 Å². The second kappa shape index (κ2) is 37.1. The molecular formula is C12H36CoO12P4. The first-order chi connectivity index (χ1) is 13.4. The van der Waals surface area contributed by atoms with Crippen LogP contribution in [0, 0.1) is 0 Å². The van der Waals surface area contributed by atoms with Gasteiger partial charge in [0.1, 0.15) is 0 Å². The van der Waals surface area contributed by atoms with Crippen molar-refractivity contribution in [1.29, 1.82) is 0 Å². The summed E-state index contributed by atoms with van der Waals surface area (Å²) in [7, 11) is 14.3. The molecule has 0 amide bonds. The fourth-order valence-corrected chi connectivity index (χ4v) is 2.68. The van der Waals surface area contributed by atoms with Crippen molar-refractivity contribution in [2.24, 2.45) is 0 Å². The summed E-state index contributed by atoms with van der Waals surface area (Å²) in [6.45, 7) is 0. The average Bonchev–Trinajstić information content (AvgIpc) is 2.75. The fourth-order valence-electron chi connectivity index (χ4n) is 0.894. The zero-order chi connectivity index (χ0) is 22.8. The first-order valence-electron chi connectivity index (χ1n) is 7.09. The van der Waals surface area contributed by atoms with Crippen molar-refractivity contribution in [3.63, 3.8) is 0 Å². The zero-order valence-electron chi connectivity index (χ0n) is 19.0. The molecule has 0 aromatic heterocycles. The molecule has 185 valence electrons. The van der Waals surface area contributed by atoms with Crippen LogP contribution < -0.4 is 0 Å². The molecule has 0 rings (SSSR count). The summed E-state index contributed by atoms with van der Waals surface area (Å²) in [4.78, 5) is 0. The minimum absolute atomic E-state index is 0. The Morgan fingerprint density at radius 3 is 0.310 bits per heavy atom. The summed E-state index contributed by atoms with van der Waals surface area (Å²) < 4.78 is 56.0. The Morgan fingerprint density at radius 2 is 0.310 bits per heavy atom. The van der Waals surface area contributed by atoms with Crippen LogP contribution in [0.4, 0.5) is 0 Å². The number of rotatable bonds is 12. The maximum absolute atomic E-state index is 4.67. The second-order valence-electron chi connectivity index (χ2n) is 3.09. The van der Waals surface area contributed by atoms with Crippen LogP contribution in [-0.4, -0.2) is 85.3 Å². The first kappa shape index (κ1) is 41.0. The molecule has 0 saturated heterocycles. The smallest absolute Gasteiger partial charge is 0.316 e. The van der Waals surface area contributed by atoms with E-state index in [1.165, 1.54) is 0 Å². The van der Waals surface area contributed by atoms with Crippen LogP contribution in [-0.2, 0) is 71.1 Å². The Labute approximate surface area is 190 Å². The van der Waals surface area contributed by atoms with Crippen molar-refractivity contribution in [3.05, 3.63) is 0 Å². The topological polar surface area (TPSA) is 111 Å². The molecular weight excluding hydrogens is 519 g/mol. The molecule has 1 radical (unpaired) electrons. The third-order valence-electron chi connectivity index (χ3n) is 1.79. The van der Waals surface area contributed by atoms with Crippen LogP contribution in [0.25, 0.3) is 0 Å². The molecule has 0 saturated carbocycles. The molecule has 0 aliphatic rings. The van der Waals surface area contributed by atoms with Gasteiger partial charge in [-0.05, 0) is 0 Å². The van der Waals surface area contributed by atoms with Crippen LogP contribution in [0.3, 0.4) is 0 Å². The van der Waals surface area contributed by atoms with Gasteiger partial charge in [0.15, 0.2) is 0 Å². The molecule has 0 bridgehead atoms. The summed E-state index contributed by atoms with van der Waals surface area (Å²) in [6.07, 6.45) is 0. The molecule has 17 heteroatoms. The standard InChI is InChI=1S/4C3H9O3P.Co/c4*1-4-7(5-2)6-3;/h4*1-3H3;. The molecule has 0 aromatic rings. The van der Waals surface area contributed by atoms with Crippen LogP contribution in [0.15, 0.2) is 0 Å². The Hall–Kier alpha value is 1.75. The van der Waals surface area contributed by atoms with Crippen LogP contribution >= 0.6 is 34.4 Å². The van der Waals surface area contributed by atoms with Crippen molar-refractivity contribution in [2.45, 2.75) is 0 Å². The molecule has 0 aliphatic carbocycles. The van der Waals surface area contributed by atoms with Gasteiger partial charge in [0.2, 0.25) is 0 Å². The van der Waals surface area contributed by atoms with E-state index in [4.69, 9.17) is 0 Å². The van der Waals surface area contributed by atoms with Crippen LogP contribution in [0.5, 0.6) is 0 Å². The molecule has 0 spiro atoms. The summed E-state index contributed by atoms with van der Waals surface area (Å²) >= 11 is 0. The number of hydrogen-bond donors (Lipinski definition) is 0. The maximum atomic E-state index is 4.67. The van der Waals surface area contributed by atoms with Crippen molar-refractivity contribution in [3.8, 4) is 0 Å². The van der Waals surface area contributed by atoms with E-state index in [2.05, 4.69) is 54.3 Å². The summed E-state index contributed by atoms with van der Waals surface area (Å²) in [5.74, 6) is 0. The summed E-state index contributed by atoms with van der Waals surface area (Å²) in [6, 6.07) is 0. The Balaban J connectivity index is -0.0000000873. The minimum Gasteiger partial charge on any atom is -0.316 e. The normalized spacial score (nSPS) is 9.93. The monoisotopic (exact) mass is 555 g/mol. The molecule has 0 heterocycles. The van der Waals surface area contributed by atoms with Crippen molar-refractivity contribution in [2.75, 3.05) is 85.3 Å². The molecule has 0 atom stereocenters. The summed E-state index contributed by atoms with van der Waals surface area (Å²) in [5, 5.41) is 0. The molecule has 0 unspecified atom stereocenters. The number of hydrogen-bond acceptors (Lipinski definition) is 12. The van der Waals surface area contributed by atoms with E-state index in [0.717, 1.165) is 0 Å². The van der Waals surface area contributed by atoms with E-state index >= 15 is 0 Å². The van der Waals surface area contributed by atoms with Gasteiger partial charge in [-0.2, -0.15) is 0 Å². The van der Waals surface area contributed by atoms with E-state index in [-0.39, 0.29) is 16.8 Å². The van der Waals surface area contributed by atoms with Crippen LogP contribution in [0.2, 0.25) is 0 Å². The molecule has 29 heavy (non-hydrogen) atoms. The predicted molar refractivity (Wildman–Crippen MR) is 112 cm³/mol. The largest absolute Gasteiger partial charge is 0.331 e. The molecule has 0 aromatic carbocycles. The van der Waals surface area contributed by atoms with E-state index in [9.17, 15) is 0 Å². The summed E-state index contributed by atoms with van der Waals surface area (Å²) in [5.41, 5.74) is 0. The van der Waals surface area contributed by atoms with Crippen LogP contribution in [0.1, 0.15) is 0 Å². The van der Waals surface area contributed by atoms with Gasteiger partial charge in [-0.1, -0.05) is 0 Å². The van der Waals surface area contributed by atoms with Crippen molar-refractivity contribution >= 4 is 34.4 Å². The molecule has 0 fully saturated rings. The third-order valence-corrected chi connectivity index (χ3v) is 5.37. The predicted octanol–water partition coefficient (Wildman–Crippen LogP) is 4.61. The van der Waals surface area contributed by atoms with E-state index < -0.39 is 34.4 Å². The van der Waals surface area contributed by atoms with Gasteiger partial charge in [0, 0.05) is 102 Å². The van der Waals surface area contributed by atoms with Gasteiger partial charge in [0.25, 0.3) is 0 Å². The molecule has 12 nitrogen and oxygen atoms in total. The van der Waals surface area contributed by atoms with Crippen molar-refractivity contribution in [1.82, 2.24) is 0 Å². The zero-order valence-corrected chi connectivity index (χ0v) is 23.6. The third kappa shape index (κ3) is 34.5. The molecule has 0 aliphatic heterocycles. The SMILES string of the molecule is COP(OC)OC.COP(OC)OC.COP(OC)OC.COP(OC)OC.[Co]. The van der Waals surface area contributed by atoms with Gasteiger partial charge in [-0.15, -0.1) is 0 Å². The Morgan fingerprint density at radius 1 is 0.241 bits per heavy atom. The second-order valence-corrected chi connectivity index (χ2v) is 9.26. The fraction of sp³-hybridized carbons (Fsp3) is 1.00. The van der Waals surface area contributed by atoms with Gasteiger partial charge in [-0.3, -0.25) is 0 Å².